The number of nitrogens with zero attached hydrogens (tertiary/aromatic N) is 1. The highest BCUT2D eigenvalue weighted by Crippen LogP contribution is 2.09. The summed E-state index contributed by atoms with van der Waals surface area (Å²) in [7, 11) is 0. The van der Waals surface area contributed by atoms with E-state index in [1.54, 1.807) is 22.8 Å². The van der Waals surface area contributed by atoms with Crippen molar-refractivity contribution in [3.05, 3.63) is 57.9 Å². The zero-order valence-electron chi connectivity index (χ0n) is 9.01. The van der Waals surface area contributed by atoms with Gasteiger partial charge in [-0.05, 0) is 25.1 Å². The van der Waals surface area contributed by atoms with Crippen molar-refractivity contribution in [3.63, 3.8) is 0 Å². The lowest BCUT2D eigenvalue weighted by Crippen LogP contribution is -2.21. The summed E-state index contributed by atoms with van der Waals surface area (Å²) < 4.78 is 6.96. The monoisotopic (exact) mass is 219 g/mol. The minimum atomic E-state index is -0.122. The van der Waals surface area contributed by atoms with Gasteiger partial charge >= 0.3 is 0 Å². The van der Waals surface area contributed by atoms with Crippen molar-refractivity contribution in [2.24, 2.45) is 0 Å². The predicted octanol–water partition coefficient (Wildman–Crippen LogP) is 1.29. The smallest absolute Gasteiger partial charge is 0.251 e. The maximum atomic E-state index is 11.6. The first kappa shape index (κ1) is 10.7. The Morgan fingerprint density at radius 3 is 2.62 bits per heavy atom. The van der Waals surface area contributed by atoms with Gasteiger partial charge in [-0.25, -0.2) is 0 Å². The molecule has 1 N–H and O–H groups in total. The molecule has 0 saturated carbocycles. The summed E-state index contributed by atoms with van der Waals surface area (Å²) in [5.74, 6) is 1.18. The normalized spacial score (nSPS) is 10.6. The van der Waals surface area contributed by atoms with Crippen molar-refractivity contribution >= 4 is 0 Å². The number of hydrogen-bond donors (Lipinski definition) is 1. The van der Waals surface area contributed by atoms with Crippen molar-refractivity contribution in [2.75, 3.05) is 0 Å². The zero-order chi connectivity index (χ0) is 11.5. The van der Waals surface area contributed by atoms with Crippen LogP contribution in [0.15, 0.2) is 39.5 Å². The molecule has 4 heteroatoms. The van der Waals surface area contributed by atoms with E-state index >= 15 is 0 Å². The first-order valence-corrected chi connectivity index (χ1v) is 5.05. The summed E-state index contributed by atoms with van der Waals surface area (Å²) in [6.45, 7) is 2.14. The van der Waals surface area contributed by atoms with Crippen molar-refractivity contribution in [3.8, 4) is 0 Å². The number of pyridine rings is 1. The summed E-state index contributed by atoms with van der Waals surface area (Å²) in [6.07, 6.45) is 0. The number of rotatable bonds is 3. The Labute approximate surface area is 92.8 Å². The Morgan fingerprint density at radius 1 is 1.25 bits per heavy atom. The highest BCUT2D eigenvalue weighted by atomic mass is 16.4. The average Bonchev–Trinajstić information content (AvgIpc) is 2.71. The van der Waals surface area contributed by atoms with Gasteiger partial charge in [0.1, 0.15) is 18.1 Å². The molecule has 0 aromatic carbocycles. The summed E-state index contributed by atoms with van der Waals surface area (Å²) in [5.41, 5.74) is 0.830. The number of hydrogen-bond acceptors (Lipinski definition) is 3. The van der Waals surface area contributed by atoms with Crippen LogP contribution in [-0.2, 0) is 13.2 Å². The molecular weight excluding hydrogens is 206 g/mol. The van der Waals surface area contributed by atoms with Gasteiger partial charge in [-0.1, -0.05) is 6.07 Å². The number of aryl methyl sites for hydroxylation is 1. The average molecular weight is 219 g/mol. The second kappa shape index (κ2) is 4.37. The van der Waals surface area contributed by atoms with Crippen LogP contribution in [-0.4, -0.2) is 9.67 Å². The minimum absolute atomic E-state index is 0.0538. The van der Waals surface area contributed by atoms with Gasteiger partial charge in [0.2, 0.25) is 0 Å². The second-order valence-electron chi connectivity index (χ2n) is 3.62. The third-order valence-corrected chi connectivity index (χ3v) is 2.46. The maximum Gasteiger partial charge on any atom is 0.251 e. The van der Waals surface area contributed by atoms with Crippen LogP contribution in [0.2, 0.25) is 0 Å². The van der Waals surface area contributed by atoms with E-state index in [1.165, 1.54) is 6.07 Å². The van der Waals surface area contributed by atoms with E-state index in [0.29, 0.717) is 18.1 Å². The molecule has 16 heavy (non-hydrogen) atoms. The second-order valence-corrected chi connectivity index (χ2v) is 3.62. The Kier molecular flexibility index (Phi) is 2.92. The highest BCUT2D eigenvalue weighted by molar-refractivity contribution is 5.10. The van der Waals surface area contributed by atoms with Crippen molar-refractivity contribution in [1.29, 1.82) is 0 Å². The molecule has 0 saturated heterocycles. The van der Waals surface area contributed by atoms with E-state index in [1.807, 2.05) is 13.0 Å². The number of furan rings is 1. The SMILES string of the molecule is Cc1cccc(=O)n1Cc1ccc(CO)o1. The molecule has 0 fully saturated rings. The van der Waals surface area contributed by atoms with Gasteiger partial charge < -0.3 is 14.1 Å². The lowest BCUT2D eigenvalue weighted by Gasteiger charge is -2.06. The lowest BCUT2D eigenvalue weighted by molar-refractivity contribution is 0.243. The van der Waals surface area contributed by atoms with Gasteiger partial charge in [-0.3, -0.25) is 4.79 Å². The van der Waals surface area contributed by atoms with E-state index in [-0.39, 0.29) is 12.2 Å². The van der Waals surface area contributed by atoms with Crippen LogP contribution in [0.5, 0.6) is 0 Å². The van der Waals surface area contributed by atoms with E-state index in [9.17, 15) is 4.79 Å². The fraction of sp³-hybridized carbons (Fsp3) is 0.250. The first-order chi connectivity index (χ1) is 7.70. The molecule has 0 aliphatic carbocycles. The van der Waals surface area contributed by atoms with Crippen molar-refractivity contribution < 1.29 is 9.52 Å². The Balaban J connectivity index is 2.30. The molecule has 0 unspecified atom stereocenters. The van der Waals surface area contributed by atoms with Crippen molar-refractivity contribution in [2.45, 2.75) is 20.1 Å². The number of aliphatic hydroxyl groups is 1. The van der Waals surface area contributed by atoms with Crippen LogP contribution < -0.4 is 5.56 Å². The summed E-state index contributed by atoms with van der Waals surface area (Å²) in [6, 6.07) is 8.60. The third kappa shape index (κ3) is 2.06. The topological polar surface area (TPSA) is 55.4 Å². The van der Waals surface area contributed by atoms with Crippen LogP contribution in [0.1, 0.15) is 17.2 Å². The van der Waals surface area contributed by atoms with E-state index in [4.69, 9.17) is 9.52 Å². The fourth-order valence-electron chi connectivity index (χ4n) is 1.57. The van der Waals surface area contributed by atoms with Gasteiger partial charge in [0.25, 0.3) is 5.56 Å². The van der Waals surface area contributed by atoms with E-state index in [0.717, 1.165) is 5.69 Å². The Morgan fingerprint density at radius 2 is 2.00 bits per heavy atom. The standard InChI is InChI=1S/C12H13NO3/c1-9-3-2-4-12(15)13(9)7-10-5-6-11(8-14)16-10/h2-6,14H,7-8H2,1H3. The fourth-order valence-corrected chi connectivity index (χ4v) is 1.57. The summed E-state index contributed by atoms with van der Waals surface area (Å²) in [4.78, 5) is 11.6. The molecule has 2 aromatic heterocycles. The molecule has 2 rings (SSSR count). The maximum absolute atomic E-state index is 11.6. The highest BCUT2D eigenvalue weighted by Gasteiger charge is 2.04. The minimum Gasteiger partial charge on any atom is -0.462 e. The molecule has 0 aliphatic heterocycles. The van der Waals surface area contributed by atoms with Crippen LogP contribution in [0.25, 0.3) is 0 Å². The van der Waals surface area contributed by atoms with E-state index < -0.39 is 0 Å². The van der Waals surface area contributed by atoms with Crippen LogP contribution in [0.3, 0.4) is 0 Å². The van der Waals surface area contributed by atoms with Gasteiger partial charge in [-0.2, -0.15) is 0 Å². The molecule has 84 valence electrons. The Bertz CT molecular complexity index is 539. The van der Waals surface area contributed by atoms with Gasteiger partial charge in [0.05, 0.1) is 6.54 Å². The molecule has 0 atom stereocenters. The zero-order valence-corrected chi connectivity index (χ0v) is 9.01. The first-order valence-electron chi connectivity index (χ1n) is 5.05. The molecule has 0 radical (unpaired) electrons. The van der Waals surface area contributed by atoms with Crippen LogP contribution in [0.4, 0.5) is 0 Å². The van der Waals surface area contributed by atoms with Crippen LogP contribution in [0, 0.1) is 6.92 Å². The molecular formula is C12H13NO3. The molecule has 0 aliphatic rings. The van der Waals surface area contributed by atoms with Gasteiger partial charge in [0.15, 0.2) is 0 Å². The van der Waals surface area contributed by atoms with Crippen molar-refractivity contribution in [1.82, 2.24) is 4.57 Å². The molecule has 4 nitrogen and oxygen atoms in total. The summed E-state index contributed by atoms with van der Waals surface area (Å²) in [5, 5.41) is 8.86. The predicted molar refractivity (Wildman–Crippen MR) is 59.2 cm³/mol. The quantitative estimate of drug-likeness (QED) is 0.846. The van der Waals surface area contributed by atoms with Gasteiger partial charge in [0, 0.05) is 11.8 Å². The lowest BCUT2D eigenvalue weighted by atomic mass is 10.3. The van der Waals surface area contributed by atoms with Gasteiger partial charge in [-0.15, -0.1) is 0 Å². The summed E-state index contributed by atoms with van der Waals surface area (Å²) >= 11 is 0. The molecule has 0 bridgehead atoms. The Hall–Kier alpha value is -1.81. The molecule has 0 amide bonds. The molecule has 0 spiro atoms. The number of aromatic nitrogens is 1. The molecule has 2 aromatic rings. The number of aliphatic hydroxyl groups excluding tert-OH is 1. The third-order valence-electron chi connectivity index (χ3n) is 2.46. The van der Waals surface area contributed by atoms with E-state index in [2.05, 4.69) is 0 Å². The van der Waals surface area contributed by atoms with Crippen LogP contribution >= 0.6 is 0 Å². The largest absolute Gasteiger partial charge is 0.462 e. The molecule has 2 heterocycles.